The lowest BCUT2D eigenvalue weighted by Crippen LogP contribution is -2.54. The average molecular weight is 351 g/mol. The summed E-state index contributed by atoms with van der Waals surface area (Å²) in [5, 5.41) is 0. The van der Waals surface area contributed by atoms with E-state index in [1.54, 1.807) is 0 Å². The molecule has 8 fully saturated rings. The van der Waals surface area contributed by atoms with Crippen molar-refractivity contribution in [1.82, 2.24) is 0 Å². The molecule has 128 valence electrons. The highest BCUT2D eigenvalue weighted by atomic mass is 33.1. The van der Waals surface area contributed by atoms with Gasteiger partial charge in [-0.1, -0.05) is 10.8 Å². The molecular formula is C20H30OS2. The summed E-state index contributed by atoms with van der Waals surface area (Å²) in [4.78, 5) is 0. The van der Waals surface area contributed by atoms with Crippen molar-refractivity contribution < 1.29 is 4.21 Å². The van der Waals surface area contributed by atoms with Crippen LogP contribution in [0.1, 0.15) is 77.0 Å². The molecule has 0 saturated heterocycles. The average Bonchev–Trinajstić information content (AvgIpc) is 2.43. The third-order valence-electron chi connectivity index (χ3n) is 8.57. The van der Waals surface area contributed by atoms with E-state index in [1.165, 1.54) is 77.0 Å². The van der Waals surface area contributed by atoms with Gasteiger partial charge in [0.2, 0.25) is 0 Å². The number of rotatable bonds is 3. The van der Waals surface area contributed by atoms with E-state index in [2.05, 4.69) is 0 Å². The molecule has 8 rings (SSSR count). The Labute approximate surface area is 147 Å². The molecule has 0 heterocycles. The summed E-state index contributed by atoms with van der Waals surface area (Å²) < 4.78 is 14.3. The lowest BCUT2D eigenvalue weighted by Gasteiger charge is -2.59. The van der Waals surface area contributed by atoms with Gasteiger partial charge < -0.3 is 0 Å². The van der Waals surface area contributed by atoms with E-state index in [9.17, 15) is 4.21 Å². The van der Waals surface area contributed by atoms with E-state index in [0.29, 0.717) is 4.75 Å². The van der Waals surface area contributed by atoms with Crippen LogP contribution >= 0.6 is 10.8 Å². The Morgan fingerprint density at radius 2 is 0.957 bits per heavy atom. The molecule has 0 aromatic rings. The minimum absolute atomic E-state index is 0.239. The molecule has 8 aliphatic carbocycles. The molecule has 1 nitrogen and oxygen atoms in total. The molecular weight excluding hydrogens is 320 g/mol. The summed E-state index contributed by atoms with van der Waals surface area (Å²) in [5.41, 5.74) is 0. The molecule has 1 unspecified atom stereocenters. The van der Waals surface area contributed by atoms with E-state index in [1.807, 2.05) is 10.8 Å². The maximum atomic E-state index is 13.7. The maximum absolute atomic E-state index is 13.7. The molecule has 3 heteroatoms. The fourth-order valence-electron chi connectivity index (χ4n) is 8.62. The van der Waals surface area contributed by atoms with Crippen molar-refractivity contribution >= 4 is 20.6 Å². The zero-order valence-corrected chi connectivity index (χ0v) is 15.8. The summed E-state index contributed by atoms with van der Waals surface area (Å²) >= 11 is 0. The molecule has 8 saturated carbocycles. The van der Waals surface area contributed by atoms with Gasteiger partial charge in [-0.25, -0.2) is 4.21 Å². The van der Waals surface area contributed by atoms with Crippen LogP contribution in [-0.2, 0) is 9.83 Å². The van der Waals surface area contributed by atoms with Crippen LogP contribution in [0.25, 0.3) is 0 Å². The first-order valence-electron chi connectivity index (χ1n) is 10.2. The standard InChI is InChI=1S/C20H30OS2/c21-23(20-10-16-4-17(11-20)6-18(5-16)12-20)22-19-7-13-1-14(8-19)3-15(2-13)9-19/h13-18H,1-12H2. The second-order valence-electron chi connectivity index (χ2n) is 10.5. The van der Waals surface area contributed by atoms with Gasteiger partial charge in [-0.3, -0.25) is 0 Å². The van der Waals surface area contributed by atoms with Crippen molar-refractivity contribution in [2.75, 3.05) is 0 Å². The highest BCUT2D eigenvalue weighted by Crippen LogP contribution is 2.65. The van der Waals surface area contributed by atoms with Gasteiger partial charge >= 0.3 is 0 Å². The normalized spacial score (nSPS) is 60.3. The fourth-order valence-corrected chi connectivity index (χ4v) is 13.9. The first kappa shape index (κ1) is 14.6. The Hall–Kier alpha value is 0.500. The lowest BCUT2D eigenvalue weighted by atomic mass is 9.56. The van der Waals surface area contributed by atoms with Crippen molar-refractivity contribution in [2.24, 2.45) is 35.5 Å². The topological polar surface area (TPSA) is 17.1 Å². The zero-order chi connectivity index (χ0) is 15.2. The Morgan fingerprint density at radius 3 is 1.35 bits per heavy atom. The van der Waals surface area contributed by atoms with E-state index < -0.39 is 9.83 Å². The minimum atomic E-state index is -0.620. The fraction of sp³-hybridized carbons (Fsp3) is 1.00. The highest BCUT2D eigenvalue weighted by Gasteiger charge is 2.58. The van der Waals surface area contributed by atoms with Crippen molar-refractivity contribution in [2.45, 2.75) is 86.5 Å². The summed E-state index contributed by atoms with van der Waals surface area (Å²) in [6.45, 7) is 0. The Bertz CT molecular complexity index is 483. The van der Waals surface area contributed by atoms with Crippen LogP contribution in [0, 0.1) is 35.5 Å². The largest absolute Gasteiger partial charge is 0.247 e. The summed E-state index contributed by atoms with van der Waals surface area (Å²) in [7, 11) is 1.40. The van der Waals surface area contributed by atoms with Gasteiger partial charge in [0.15, 0.2) is 0 Å². The van der Waals surface area contributed by atoms with E-state index in [0.717, 1.165) is 35.5 Å². The molecule has 0 aromatic carbocycles. The predicted molar refractivity (Wildman–Crippen MR) is 97.5 cm³/mol. The summed E-state index contributed by atoms with van der Waals surface area (Å²) in [5.74, 6) is 5.76. The first-order valence-corrected chi connectivity index (χ1v) is 12.7. The highest BCUT2D eigenvalue weighted by molar-refractivity contribution is 8.70. The van der Waals surface area contributed by atoms with Crippen molar-refractivity contribution in [3.63, 3.8) is 0 Å². The third-order valence-corrected chi connectivity index (χ3v) is 13.4. The molecule has 0 spiro atoms. The van der Waals surface area contributed by atoms with Crippen LogP contribution in [0.2, 0.25) is 0 Å². The molecule has 23 heavy (non-hydrogen) atoms. The van der Waals surface area contributed by atoms with E-state index in [-0.39, 0.29) is 4.75 Å². The van der Waals surface area contributed by atoms with Crippen molar-refractivity contribution in [3.8, 4) is 0 Å². The van der Waals surface area contributed by atoms with Crippen LogP contribution in [0.3, 0.4) is 0 Å². The predicted octanol–water partition coefficient (Wildman–Crippen LogP) is 5.32. The van der Waals surface area contributed by atoms with Crippen LogP contribution < -0.4 is 0 Å². The van der Waals surface area contributed by atoms with Gasteiger partial charge in [-0.15, -0.1) is 0 Å². The molecule has 0 amide bonds. The first-order chi connectivity index (χ1) is 11.1. The number of hydrogen-bond acceptors (Lipinski definition) is 2. The van der Waals surface area contributed by atoms with Crippen LogP contribution in [0.15, 0.2) is 0 Å². The Kier molecular flexibility index (Phi) is 3.06. The van der Waals surface area contributed by atoms with Crippen molar-refractivity contribution in [1.29, 1.82) is 0 Å². The van der Waals surface area contributed by atoms with Gasteiger partial charge in [0.05, 0.1) is 14.6 Å². The van der Waals surface area contributed by atoms with E-state index >= 15 is 0 Å². The molecule has 0 aliphatic heterocycles. The van der Waals surface area contributed by atoms with Gasteiger partial charge in [-0.05, 0) is 113 Å². The Balaban J connectivity index is 1.26. The second kappa shape index (κ2) is 4.81. The zero-order valence-electron chi connectivity index (χ0n) is 14.2. The molecule has 0 radical (unpaired) electrons. The quantitative estimate of drug-likeness (QED) is 0.641. The molecule has 1 atom stereocenters. The molecule has 8 aliphatic rings. The van der Waals surface area contributed by atoms with Gasteiger partial charge in [-0.2, -0.15) is 0 Å². The molecule has 8 bridgehead atoms. The minimum Gasteiger partial charge on any atom is -0.247 e. The third kappa shape index (κ3) is 2.20. The van der Waals surface area contributed by atoms with Gasteiger partial charge in [0, 0.05) is 4.75 Å². The van der Waals surface area contributed by atoms with Crippen LogP contribution in [0.4, 0.5) is 0 Å². The van der Waals surface area contributed by atoms with Gasteiger partial charge in [0.1, 0.15) is 0 Å². The maximum Gasteiger partial charge on any atom is 0.0872 e. The monoisotopic (exact) mass is 350 g/mol. The molecule has 0 N–H and O–H groups in total. The SMILES string of the molecule is O=S(SC12CC3CC(CC(C3)C1)C2)C12CC3CC(CC(C3)C1)C2. The van der Waals surface area contributed by atoms with Gasteiger partial charge in [0.25, 0.3) is 0 Å². The lowest BCUT2D eigenvalue weighted by molar-refractivity contribution is 0.0354. The van der Waals surface area contributed by atoms with Crippen LogP contribution in [-0.4, -0.2) is 13.7 Å². The number of hydrogen-bond donors (Lipinski definition) is 0. The molecule has 0 aromatic heterocycles. The smallest absolute Gasteiger partial charge is 0.0872 e. The Morgan fingerprint density at radius 1 is 0.609 bits per heavy atom. The van der Waals surface area contributed by atoms with E-state index in [4.69, 9.17) is 0 Å². The second-order valence-corrected chi connectivity index (χ2v) is 14.3. The van der Waals surface area contributed by atoms with Crippen LogP contribution in [0.5, 0.6) is 0 Å². The van der Waals surface area contributed by atoms with Crippen molar-refractivity contribution in [3.05, 3.63) is 0 Å². The summed E-state index contributed by atoms with van der Waals surface area (Å²) in [6.07, 6.45) is 17.1. The summed E-state index contributed by atoms with van der Waals surface area (Å²) in [6, 6.07) is 0.